The van der Waals surface area contributed by atoms with Crippen molar-refractivity contribution in [3.8, 4) is 0 Å². The molecule has 0 aliphatic carbocycles. The highest BCUT2D eigenvalue weighted by molar-refractivity contribution is 7.88. The molecule has 1 fully saturated rings. The van der Waals surface area contributed by atoms with Crippen molar-refractivity contribution in [3.05, 3.63) is 23.9 Å². The quantitative estimate of drug-likeness (QED) is 0.874. The van der Waals surface area contributed by atoms with Crippen molar-refractivity contribution in [2.75, 3.05) is 44.4 Å². The van der Waals surface area contributed by atoms with Gasteiger partial charge in [0, 0.05) is 38.4 Å². The molecule has 0 amide bonds. The van der Waals surface area contributed by atoms with Crippen molar-refractivity contribution in [1.82, 2.24) is 14.6 Å². The number of piperazine rings is 1. The molecule has 1 aromatic heterocycles. The van der Waals surface area contributed by atoms with Crippen LogP contribution in [0.15, 0.2) is 18.3 Å². The summed E-state index contributed by atoms with van der Waals surface area (Å²) in [5.74, 6) is 0.908. The number of sulfonamides is 1. The number of anilines is 1. The van der Waals surface area contributed by atoms with E-state index < -0.39 is 10.0 Å². The second-order valence-corrected chi connectivity index (χ2v) is 7.09. The van der Waals surface area contributed by atoms with E-state index in [1.165, 1.54) is 10.6 Å². The third kappa shape index (κ3) is 3.47. The van der Waals surface area contributed by atoms with Crippen LogP contribution in [0, 0.1) is 0 Å². The average Bonchev–Trinajstić information content (AvgIpc) is 2.46. The number of hydrogen-bond acceptors (Lipinski definition) is 5. The average molecular weight is 298 g/mol. The van der Waals surface area contributed by atoms with E-state index >= 15 is 0 Å². The van der Waals surface area contributed by atoms with Crippen LogP contribution in [0.3, 0.4) is 0 Å². The van der Waals surface area contributed by atoms with Gasteiger partial charge in [-0.15, -0.1) is 0 Å². The molecule has 1 N–H and O–H groups in total. The topological polar surface area (TPSA) is 65.5 Å². The summed E-state index contributed by atoms with van der Waals surface area (Å²) in [7, 11) is -1.16. The second kappa shape index (κ2) is 6.07. The van der Waals surface area contributed by atoms with Gasteiger partial charge in [0.1, 0.15) is 5.82 Å². The van der Waals surface area contributed by atoms with Crippen molar-refractivity contribution in [2.24, 2.45) is 0 Å². The van der Waals surface area contributed by atoms with Gasteiger partial charge in [0.25, 0.3) is 0 Å². The van der Waals surface area contributed by atoms with E-state index in [2.05, 4.69) is 28.2 Å². The zero-order valence-electron chi connectivity index (χ0n) is 12.2. The standard InChI is InChI=1S/C13H22N4O2S/c1-11(14-2)12-4-5-13(15-10-12)16-6-8-17(9-7-16)20(3,18)19/h4-5,10-11,14H,6-9H2,1-3H3. The number of aromatic nitrogens is 1. The van der Waals surface area contributed by atoms with Gasteiger partial charge in [-0.25, -0.2) is 13.4 Å². The first-order chi connectivity index (χ1) is 9.41. The van der Waals surface area contributed by atoms with Crippen LogP contribution in [0.4, 0.5) is 5.82 Å². The number of pyridine rings is 1. The summed E-state index contributed by atoms with van der Waals surface area (Å²) in [6.07, 6.45) is 3.13. The lowest BCUT2D eigenvalue weighted by atomic mass is 10.1. The highest BCUT2D eigenvalue weighted by atomic mass is 32.2. The van der Waals surface area contributed by atoms with E-state index in [-0.39, 0.29) is 6.04 Å². The maximum atomic E-state index is 11.5. The molecule has 0 bridgehead atoms. The zero-order valence-corrected chi connectivity index (χ0v) is 13.0. The number of hydrogen-bond donors (Lipinski definition) is 1. The van der Waals surface area contributed by atoms with Gasteiger partial charge in [0.05, 0.1) is 6.26 Å². The molecule has 0 saturated carbocycles. The predicted molar refractivity (Wildman–Crippen MR) is 80.3 cm³/mol. The second-order valence-electron chi connectivity index (χ2n) is 5.11. The summed E-state index contributed by atoms with van der Waals surface area (Å²) in [4.78, 5) is 6.60. The van der Waals surface area contributed by atoms with Crippen molar-refractivity contribution in [3.63, 3.8) is 0 Å². The molecule has 0 radical (unpaired) electrons. The van der Waals surface area contributed by atoms with E-state index in [0.29, 0.717) is 26.2 Å². The third-order valence-electron chi connectivity index (χ3n) is 3.74. The largest absolute Gasteiger partial charge is 0.354 e. The van der Waals surface area contributed by atoms with Gasteiger partial charge in [0.15, 0.2) is 0 Å². The zero-order chi connectivity index (χ0) is 14.8. The van der Waals surface area contributed by atoms with Crippen LogP contribution in [0.1, 0.15) is 18.5 Å². The van der Waals surface area contributed by atoms with Gasteiger partial charge in [0.2, 0.25) is 10.0 Å². The van der Waals surface area contributed by atoms with Gasteiger partial charge in [-0.05, 0) is 25.6 Å². The van der Waals surface area contributed by atoms with Crippen LogP contribution in [0.5, 0.6) is 0 Å². The minimum atomic E-state index is -3.07. The molecule has 1 unspecified atom stereocenters. The first kappa shape index (κ1) is 15.2. The first-order valence-electron chi connectivity index (χ1n) is 6.75. The summed E-state index contributed by atoms with van der Waals surface area (Å²) >= 11 is 0. The molecule has 0 aromatic carbocycles. The van der Waals surface area contributed by atoms with Crippen LogP contribution >= 0.6 is 0 Å². The fourth-order valence-electron chi connectivity index (χ4n) is 2.26. The van der Waals surface area contributed by atoms with Gasteiger partial charge < -0.3 is 10.2 Å². The summed E-state index contributed by atoms with van der Waals surface area (Å²) in [6.45, 7) is 4.49. The molecule has 1 aliphatic heterocycles. The Labute approximate surface area is 120 Å². The summed E-state index contributed by atoms with van der Waals surface area (Å²) in [5, 5.41) is 3.18. The molecule has 2 heterocycles. The van der Waals surface area contributed by atoms with Crippen molar-refractivity contribution < 1.29 is 8.42 Å². The number of nitrogens with one attached hydrogen (secondary N) is 1. The van der Waals surface area contributed by atoms with Crippen molar-refractivity contribution in [2.45, 2.75) is 13.0 Å². The van der Waals surface area contributed by atoms with E-state index in [0.717, 1.165) is 11.4 Å². The number of rotatable bonds is 4. The molecule has 1 atom stereocenters. The Morgan fingerprint density at radius 2 is 1.90 bits per heavy atom. The summed E-state index contributed by atoms with van der Waals surface area (Å²) in [5.41, 5.74) is 1.14. The minimum absolute atomic E-state index is 0.277. The molecule has 0 spiro atoms. The maximum Gasteiger partial charge on any atom is 0.211 e. The van der Waals surface area contributed by atoms with Crippen LogP contribution in [-0.2, 0) is 10.0 Å². The third-order valence-corrected chi connectivity index (χ3v) is 5.04. The number of nitrogens with zero attached hydrogens (tertiary/aromatic N) is 3. The Balaban J connectivity index is 2.00. The van der Waals surface area contributed by atoms with E-state index in [4.69, 9.17) is 0 Å². The Morgan fingerprint density at radius 1 is 1.25 bits per heavy atom. The first-order valence-corrected chi connectivity index (χ1v) is 8.60. The smallest absolute Gasteiger partial charge is 0.211 e. The Morgan fingerprint density at radius 3 is 2.35 bits per heavy atom. The molecule has 2 rings (SSSR count). The summed E-state index contributed by atoms with van der Waals surface area (Å²) < 4.78 is 24.4. The lowest BCUT2D eigenvalue weighted by molar-refractivity contribution is 0.387. The predicted octanol–water partition coefficient (Wildman–Crippen LogP) is 0.444. The lowest BCUT2D eigenvalue weighted by Gasteiger charge is -2.34. The summed E-state index contributed by atoms with van der Waals surface area (Å²) in [6, 6.07) is 4.34. The Bertz CT molecular complexity index is 536. The van der Waals surface area contributed by atoms with Crippen molar-refractivity contribution >= 4 is 15.8 Å². The highest BCUT2D eigenvalue weighted by Crippen LogP contribution is 2.17. The van der Waals surface area contributed by atoms with Crippen LogP contribution in [0.2, 0.25) is 0 Å². The molecular formula is C13H22N4O2S. The normalized spacial score (nSPS) is 19.1. The Hall–Kier alpha value is -1.18. The van der Waals surface area contributed by atoms with E-state index in [1.54, 1.807) is 0 Å². The molecule has 1 aliphatic rings. The van der Waals surface area contributed by atoms with Gasteiger partial charge >= 0.3 is 0 Å². The monoisotopic (exact) mass is 298 g/mol. The molecular weight excluding hydrogens is 276 g/mol. The molecule has 1 aromatic rings. The molecule has 7 heteroatoms. The molecule has 112 valence electrons. The van der Waals surface area contributed by atoms with Crippen LogP contribution < -0.4 is 10.2 Å². The Kier molecular flexibility index (Phi) is 4.62. The SMILES string of the molecule is CNC(C)c1ccc(N2CCN(S(C)(=O)=O)CC2)nc1. The van der Waals surface area contributed by atoms with Crippen LogP contribution in [-0.4, -0.2) is 57.2 Å². The maximum absolute atomic E-state index is 11.5. The lowest BCUT2D eigenvalue weighted by Crippen LogP contribution is -2.48. The van der Waals surface area contributed by atoms with E-state index in [1.807, 2.05) is 19.3 Å². The fraction of sp³-hybridized carbons (Fsp3) is 0.615. The molecule has 6 nitrogen and oxygen atoms in total. The van der Waals surface area contributed by atoms with Crippen molar-refractivity contribution in [1.29, 1.82) is 0 Å². The molecule has 1 saturated heterocycles. The molecule has 20 heavy (non-hydrogen) atoms. The van der Waals surface area contributed by atoms with E-state index in [9.17, 15) is 8.42 Å². The van der Waals surface area contributed by atoms with Crippen LogP contribution in [0.25, 0.3) is 0 Å². The van der Waals surface area contributed by atoms with Gasteiger partial charge in [-0.2, -0.15) is 4.31 Å². The fourth-order valence-corrected chi connectivity index (χ4v) is 3.08. The van der Waals surface area contributed by atoms with Gasteiger partial charge in [-0.1, -0.05) is 6.07 Å². The highest BCUT2D eigenvalue weighted by Gasteiger charge is 2.23. The minimum Gasteiger partial charge on any atom is -0.354 e. The van der Waals surface area contributed by atoms with Gasteiger partial charge in [-0.3, -0.25) is 0 Å².